The number of halogens is 2. The van der Waals surface area contributed by atoms with Gasteiger partial charge in [0.1, 0.15) is 17.4 Å². The van der Waals surface area contributed by atoms with Crippen molar-refractivity contribution < 1.29 is 13.5 Å². The predicted molar refractivity (Wildman–Crippen MR) is 59.4 cm³/mol. The molecule has 0 atom stereocenters. The first-order valence-electron chi connectivity index (χ1n) is 5.11. The fourth-order valence-electron chi connectivity index (χ4n) is 1.48. The molecule has 0 amide bonds. The third-order valence-corrected chi connectivity index (χ3v) is 2.55. The number of methoxy groups -OCH3 is 1. The van der Waals surface area contributed by atoms with Crippen LogP contribution in [0.25, 0.3) is 0 Å². The number of rotatable bonds is 4. The van der Waals surface area contributed by atoms with Crippen LogP contribution in [0.15, 0.2) is 12.1 Å². The molecule has 0 aromatic heterocycles. The van der Waals surface area contributed by atoms with E-state index in [1.807, 2.05) is 13.8 Å². The Bertz CT molecular complexity index is 378. The predicted octanol–water partition coefficient (Wildman–Crippen LogP) is 2.50. The summed E-state index contributed by atoms with van der Waals surface area (Å²) >= 11 is 0. The van der Waals surface area contributed by atoms with Crippen molar-refractivity contribution in [3.05, 3.63) is 29.3 Å². The molecule has 0 heterocycles. The van der Waals surface area contributed by atoms with Gasteiger partial charge in [-0.25, -0.2) is 8.78 Å². The van der Waals surface area contributed by atoms with Crippen LogP contribution in [0.1, 0.15) is 19.4 Å². The minimum atomic E-state index is -0.636. The van der Waals surface area contributed by atoms with Gasteiger partial charge in [0.05, 0.1) is 7.11 Å². The third kappa shape index (κ3) is 2.92. The average Bonchev–Trinajstić information content (AvgIpc) is 2.21. The molecular weight excluding hydrogens is 212 g/mol. The Morgan fingerprint density at radius 3 is 2.44 bits per heavy atom. The highest BCUT2D eigenvalue weighted by atomic mass is 19.1. The van der Waals surface area contributed by atoms with Gasteiger partial charge in [0, 0.05) is 17.7 Å². The molecule has 0 aliphatic carbocycles. The lowest BCUT2D eigenvalue weighted by Gasteiger charge is -2.23. The Morgan fingerprint density at radius 1 is 1.31 bits per heavy atom. The van der Waals surface area contributed by atoms with Gasteiger partial charge in [-0.3, -0.25) is 0 Å². The lowest BCUT2D eigenvalue weighted by Crippen LogP contribution is -2.26. The van der Waals surface area contributed by atoms with Gasteiger partial charge in [-0.15, -0.1) is 0 Å². The van der Waals surface area contributed by atoms with Crippen molar-refractivity contribution >= 4 is 0 Å². The molecule has 0 saturated carbocycles. The maximum Gasteiger partial charge on any atom is 0.133 e. The highest BCUT2D eigenvalue weighted by molar-refractivity contribution is 5.36. The molecule has 0 aliphatic heterocycles. The molecule has 1 aromatic rings. The standard InChI is InChI=1S/C12H17F2NO/c1-12(2,7-15)6-9-10(14)4-8(13)5-11(9)16-3/h4-5H,6-7,15H2,1-3H3. The van der Waals surface area contributed by atoms with Gasteiger partial charge in [0.15, 0.2) is 0 Å². The first kappa shape index (κ1) is 12.9. The molecule has 0 bridgehead atoms. The monoisotopic (exact) mass is 229 g/mol. The molecule has 0 spiro atoms. The van der Waals surface area contributed by atoms with E-state index in [-0.39, 0.29) is 11.2 Å². The SMILES string of the molecule is COc1cc(F)cc(F)c1CC(C)(C)CN. The molecule has 1 rings (SSSR count). The Labute approximate surface area is 94.4 Å². The molecule has 2 N–H and O–H groups in total. The van der Waals surface area contributed by atoms with Gasteiger partial charge in [-0.1, -0.05) is 13.8 Å². The minimum absolute atomic E-state index is 0.235. The van der Waals surface area contributed by atoms with Gasteiger partial charge in [-0.2, -0.15) is 0 Å². The molecule has 1 aromatic carbocycles. The largest absolute Gasteiger partial charge is 0.496 e. The second-order valence-electron chi connectivity index (χ2n) is 4.61. The summed E-state index contributed by atoms with van der Waals surface area (Å²) in [5.41, 5.74) is 5.72. The van der Waals surface area contributed by atoms with E-state index >= 15 is 0 Å². The highest BCUT2D eigenvalue weighted by Crippen LogP contribution is 2.30. The summed E-state index contributed by atoms with van der Waals surface area (Å²) in [5, 5.41) is 0. The van der Waals surface area contributed by atoms with Crippen molar-refractivity contribution in [1.29, 1.82) is 0 Å². The van der Waals surface area contributed by atoms with Crippen molar-refractivity contribution in [3.8, 4) is 5.75 Å². The average molecular weight is 229 g/mol. The minimum Gasteiger partial charge on any atom is -0.496 e. The Morgan fingerprint density at radius 2 is 1.94 bits per heavy atom. The van der Waals surface area contributed by atoms with E-state index in [0.29, 0.717) is 18.5 Å². The molecule has 0 radical (unpaired) electrons. The van der Waals surface area contributed by atoms with Crippen LogP contribution in [0, 0.1) is 17.0 Å². The molecule has 0 unspecified atom stereocenters. The summed E-state index contributed by atoms with van der Waals surface area (Å²) in [4.78, 5) is 0. The van der Waals surface area contributed by atoms with Crippen LogP contribution >= 0.6 is 0 Å². The summed E-state index contributed by atoms with van der Waals surface area (Å²) in [6, 6.07) is 2.05. The second kappa shape index (κ2) is 4.78. The van der Waals surface area contributed by atoms with Crippen molar-refractivity contribution in [3.63, 3.8) is 0 Å². The molecule has 0 aliphatic rings. The third-order valence-electron chi connectivity index (χ3n) is 2.55. The van der Waals surface area contributed by atoms with E-state index in [9.17, 15) is 8.78 Å². The summed E-state index contributed by atoms with van der Waals surface area (Å²) < 4.78 is 31.5. The molecule has 0 fully saturated rings. The highest BCUT2D eigenvalue weighted by Gasteiger charge is 2.22. The molecule has 90 valence electrons. The molecule has 0 saturated heterocycles. The quantitative estimate of drug-likeness (QED) is 0.861. The van der Waals surface area contributed by atoms with Crippen LogP contribution in [0.4, 0.5) is 8.78 Å². The van der Waals surface area contributed by atoms with Gasteiger partial charge >= 0.3 is 0 Å². The zero-order valence-electron chi connectivity index (χ0n) is 9.81. The van der Waals surface area contributed by atoms with Gasteiger partial charge < -0.3 is 10.5 Å². The smallest absolute Gasteiger partial charge is 0.133 e. The molecule has 4 heteroatoms. The zero-order chi connectivity index (χ0) is 12.3. The number of nitrogens with two attached hydrogens (primary N) is 1. The first-order chi connectivity index (χ1) is 7.39. The van der Waals surface area contributed by atoms with Crippen molar-refractivity contribution in [2.45, 2.75) is 20.3 Å². The number of hydrogen-bond acceptors (Lipinski definition) is 2. The van der Waals surface area contributed by atoms with Gasteiger partial charge in [0.25, 0.3) is 0 Å². The molecule has 16 heavy (non-hydrogen) atoms. The van der Waals surface area contributed by atoms with Crippen molar-refractivity contribution in [1.82, 2.24) is 0 Å². The summed E-state index contributed by atoms with van der Waals surface area (Å²) in [6.07, 6.45) is 0.415. The van der Waals surface area contributed by atoms with Crippen molar-refractivity contribution in [2.75, 3.05) is 13.7 Å². The summed E-state index contributed by atoms with van der Waals surface area (Å²) in [6.45, 7) is 4.28. The van der Waals surface area contributed by atoms with E-state index in [4.69, 9.17) is 10.5 Å². The van der Waals surface area contributed by atoms with Crippen LogP contribution in [0.5, 0.6) is 5.75 Å². The van der Waals surface area contributed by atoms with E-state index in [1.54, 1.807) is 0 Å². The van der Waals surface area contributed by atoms with E-state index < -0.39 is 11.6 Å². The Balaban J connectivity index is 3.12. The Hall–Kier alpha value is -1.16. The second-order valence-corrected chi connectivity index (χ2v) is 4.61. The van der Waals surface area contributed by atoms with E-state index in [1.165, 1.54) is 13.2 Å². The van der Waals surface area contributed by atoms with Crippen LogP contribution in [-0.2, 0) is 6.42 Å². The zero-order valence-corrected chi connectivity index (χ0v) is 9.81. The maximum absolute atomic E-state index is 13.6. The molecular formula is C12H17F2NO. The van der Waals surface area contributed by atoms with Crippen LogP contribution < -0.4 is 10.5 Å². The van der Waals surface area contributed by atoms with Gasteiger partial charge in [0.2, 0.25) is 0 Å². The molecule has 2 nitrogen and oxygen atoms in total. The van der Waals surface area contributed by atoms with Crippen LogP contribution in [0.2, 0.25) is 0 Å². The fourth-order valence-corrected chi connectivity index (χ4v) is 1.48. The Kier molecular flexibility index (Phi) is 3.86. The normalized spacial score (nSPS) is 11.6. The van der Waals surface area contributed by atoms with E-state index in [0.717, 1.165) is 6.07 Å². The van der Waals surface area contributed by atoms with Crippen LogP contribution in [0.3, 0.4) is 0 Å². The lowest BCUT2D eigenvalue weighted by molar-refractivity contribution is 0.348. The number of hydrogen-bond donors (Lipinski definition) is 1. The van der Waals surface area contributed by atoms with Gasteiger partial charge in [-0.05, 0) is 18.4 Å². The summed E-state index contributed by atoms with van der Waals surface area (Å²) in [5.74, 6) is -0.985. The first-order valence-corrected chi connectivity index (χ1v) is 5.11. The number of ether oxygens (including phenoxy) is 1. The van der Waals surface area contributed by atoms with E-state index in [2.05, 4.69) is 0 Å². The lowest BCUT2D eigenvalue weighted by atomic mass is 9.85. The number of benzene rings is 1. The fraction of sp³-hybridized carbons (Fsp3) is 0.500. The van der Waals surface area contributed by atoms with Crippen molar-refractivity contribution in [2.24, 2.45) is 11.1 Å². The van der Waals surface area contributed by atoms with Crippen LogP contribution in [-0.4, -0.2) is 13.7 Å². The maximum atomic E-state index is 13.6. The summed E-state index contributed by atoms with van der Waals surface area (Å²) in [7, 11) is 1.40. The topological polar surface area (TPSA) is 35.2 Å².